The molecule has 1 aromatic rings. The number of hydrogen-bond acceptors (Lipinski definition) is 3. The molecule has 0 saturated heterocycles. The SMILES string of the molecule is CNc1ccc([C@H]2C[C@@]3(C)C(CCC3(C)C(C)=O)[C@]3(C)CCC4=CC(=O)CCC4=C23)cc1. The first-order valence-electron chi connectivity index (χ1n) is 12.4. The summed E-state index contributed by atoms with van der Waals surface area (Å²) in [6.45, 7) is 8.97. The molecule has 0 amide bonds. The number of fused-ring (bicyclic) bond motifs is 4. The summed E-state index contributed by atoms with van der Waals surface area (Å²) in [6, 6.07) is 8.91. The third-order valence-electron chi connectivity index (χ3n) is 10.3. The lowest BCUT2D eigenvalue weighted by Crippen LogP contribution is -2.53. The van der Waals surface area contributed by atoms with Gasteiger partial charge in [0.05, 0.1) is 0 Å². The molecule has 1 N–H and O–H groups in total. The molecule has 1 aromatic carbocycles. The maximum Gasteiger partial charge on any atom is 0.156 e. The molecule has 0 radical (unpaired) electrons. The van der Waals surface area contributed by atoms with Gasteiger partial charge in [0.15, 0.2) is 5.78 Å². The first-order chi connectivity index (χ1) is 15.1. The van der Waals surface area contributed by atoms with Crippen molar-refractivity contribution in [2.45, 2.75) is 78.6 Å². The van der Waals surface area contributed by atoms with Crippen molar-refractivity contribution in [3.8, 4) is 0 Å². The van der Waals surface area contributed by atoms with Crippen LogP contribution in [-0.2, 0) is 9.59 Å². The lowest BCUT2D eigenvalue weighted by molar-refractivity contribution is -0.136. The molecule has 2 unspecified atom stereocenters. The predicted molar refractivity (Wildman–Crippen MR) is 130 cm³/mol. The summed E-state index contributed by atoms with van der Waals surface area (Å²) in [7, 11) is 1.96. The van der Waals surface area contributed by atoms with E-state index in [1.165, 1.54) is 16.7 Å². The quantitative estimate of drug-likeness (QED) is 0.585. The number of allylic oxidation sites excluding steroid dienone is 4. The van der Waals surface area contributed by atoms with Crippen LogP contribution >= 0.6 is 0 Å². The van der Waals surface area contributed by atoms with Crippen LogP contribution in [0.4, 0.5) is 5.69 Å². The third-order valence-corrected chi connectivity index (χ3v) is 10.3. The summed E-state index contributed by atoms with van der Waals surface area (Å²) in [5.41, 5.74) is 6.63. The molecular formula is C29H37NO2. The second kappa shape index (κ2) is 7.17. The van der Waals surface area contributed by atoms with Crippen LogP contribution in [0, 0.1) is 22.2 Å². The summed E-state index contributed by atoms with van der Waals surface area (Å²) in [5, 5.41) is 3.24. The third kappa shape index (κ3) is 2.79. The van der Waals surface area contributed by atoms with Gasteiger partial charge in [0, 0.05) is 30.5 Å². The van der Waals surface area contributed by atoms with Crippen LogP contribution < -0.4 is 5.32 Å². The highest BCUT2D eigenvalue weighted by molar-refractivity contribution is 5.93. The van der Waals surface area contributed by atoms with Gasteiger partial charge in [-0.3, -0.25) is 9.59 Å². The number of Topliss-reactive ketones (excluding diaryl/α,β-unsaturated/α-hetero) is 1. The minimum Gasteiger partial charge on any atom is -0.388 e. The van der Waals surface area contributed by atoms with Gasteiger partial charge in [-0.05, 0) is 97.1 Å². The molecule has 32 heavy (non-hydrogen) atoms. The molecule has 170 valence electrons. The largest absolute Gasteiger partial charge is 0.388 e. The zero-order valence-electron chi connectivity index (χ0n) is 20.3. The Labute approximate surface area is 192 Å². The molecule has 4 aliphatic rings. The van der Waals surface area contributed by atoms with Crippen LogP contribution in [0.15, 0.2) is 47.1 Å². The smallest absolute Gasteiger partial charge is 0.156 e. The topological polar surface area (TPSA) is 46.2 Å². The molecule has 2 saturated carbocycles. The van der Waals surface area contributed by atoms with Crippen molar-refractivity contribution in [2.75, 3.05) is 12.4 Å². The van der Waals surface area contributed by atoms with Crippen molar-refractivity contribution in [1.82, 2.24) is 0 Å². The molecule has 0 spiro atoms. The van der Waals surface area contributed by atoms with E-state index in [2.05, 4.69) is 50.4 Å². The van der Waals surface area contributed by atoms with E-state index < -0.39 is 0 Å². The van der Waals surface area contributed by atoms with Crippen molar-refractivity contribution >= 4 is 17.3 Å². The maximum absolute atomic E-state index is 13.0. The maximum atomic E-state index is 13.0. The number of carbonyl (C=O) groups is 2. The van der Waals surface area contributed by atoms with Crippen LogP contribution in [-0.4, -0.2) is 18.6 Å². The highest BCUT2D eigenvalue weighted by Crippen LogP contribution is 2.73. The Balaban J connectivity index is 1.73. The van der Waals surface area contributed by atoms with Crippen molar-refractivity contribution < 1.29 is 9.59 Å². The summed E-state index contributed by atoms with van der Waals surface area (Å²) in [4.78, 5) is 25.2. The Morgan fingerprint density at radius 3 is 2.41 bits per heavy atom. The van der Waals surface area contributed by atoms with E-state index in [-0.39, 0.29) is 22.0 Å². The van der Waals surface area contributed by atoms with Crippen LogP contribution in [0.25, 0.3) is 0 Å². The lowest BCUT2D eigenvalue weighted by atomic mass is 9.43. The molecule has 0 aromatic heterocycles. The number of ketones is 2. The first kappa shape index (κ1) is 21.7. The van der Waals surface area contributed by atoms with Gasteiger partial charge in [0.2, 0.25) is 0 Å². The zero-order chi connectivity index (χ0) is 22.9. The Bertz CT molecular complexity index is 1050. The Kier molecular flexibility index (Phi) is 4.86. The molecule has 3 heteroatoms. The van der Waals surface area contributed by atoms with Gasteiger partial charge in [-0.15, -0.1) is 0 Å². The molecule has 5 rings (SSSR count). The van der Waals surface area contributed by atoms with E-state index in [0.717, 1.165) is 44.2 Å². The van der Waals surface area contributed by atoms with E-state index in [1.807, 2.05) is 20.0 Å². The number of hydrogen-bond donors (Lipinski definition) is 1. The van der Waals surface area contributed by atoms with Crippen molar-refractivity contribution in [3.05, 3.63) is 52.6 Å². The van der Waals surface area contributed by atoms with E-state index >= 15 is 0 Å². The Hall–Kier alpha value is -2.16. The number of carbonyl (C=O) groups excluding carboxylic acids is 2. The zero-order valence-corrected chi connectivity index (χ0v) is 20.3. The average molecular weight is 432 g/mol. The number of rotatable bonds is 3. The van der Waals surface area contributed by atoms with Crippen LogP contribution in [0.5, 0.6) is 0 Å². The van der Waals surface area contributed by atoms with E-state index in [1.54, 1.807) is 5.57 Å². The second-order valence-electron chi connectivity index (χ2n) is 11.5. The van der Waals surface area contributed by atoms with Crippen molar-refractivity contribution in [3.63, 3.8) is 0 Å². The van der Waals surface area contributed by atoms with Crippen molar-refractivity contribution in [1.29, 1.82) is 0 Å². The van der Waals surface area contributed by atoms with Crippen LogP contribution in [0.3, 0.4) is 0 Å². The van der Waals surface area contributed by atoms with Gasteiger partial charge >= 0.3 is 0 Å². The highest BCUT2D eigenvalue weighted by Gasteiger charge is 2.66. The minimum absolute atomic E-state index is 0.0182. The van der Waals surface area contributed by atoms with Crippen LogP contribution in [0.2, 0.25) is 0 Å². The molecular weight excluding hydrogens is 394 g/mol. The molecule has 4 aliphatic carbocycles. The van der Waals surface area contributed by atoms with E-state index in [4.69, 9.17) is 0 Å². The number of nitrogens with one attached hydrogen (secondary N) is 1. The van der Waals surface area contributed by atoms with Crippen molar-refractivity contribution in [2.24, 2.45) is 22.2 Å². The van der Waals surface area contributed by atoms with E-state index in [0.29, 0.717) is 24.0 Å². The van der Waals surface area contributed by atoms with Gasteiger partial charge in [-0.1, -0.05) is 38.5 Å². The fourth-order valence-electron chi connectivity index (χ4n) is 8.22. The molecule has 3 nitrogen and oxygen atoms in total. The fourth-order valence-corrected chi connectivity index (χ4v) is 8.22. The Morgan fingerprint density at radius 1 is 1.03 bits per heavy atom. The standard InChI is InChI=1S/C29H37NO2/c1-18(31)28(3)15-13-25-27(2)14-12-20-16-22(32)10-11-23(20)26(27)24(17-29(25,28)4)19-6-8-21(30-5)9-7-19/h6-9,16,24-25,30H,10-15,17H2,1-5H3/t24-,25?,27+,28?,29+/m1/s1. The molecule has 0 aliphatic heterocycles. The fraction of sp³-hybridized carbons (Fsp3) is 0.586. The monoisotopic (exact) mass is 431 g/mol. The van der Waals surface area contributed by atoms with Gasteiger partial charge in [-0.2, -0.15) is 0 Å². The summed E-state index contributed by atoms with van der Waals surface area (Å²) < 4.78 is 0. The Morgan fingerprint density at radius 2 is 1.75 bits per heavy atom. The van der Waals surface area contributed by atoms with Crippen LogP contribution in [0.1, 0.15) is 84.1 Å². The highest BCUT2D eigenvalue weighted by atomic mass is 16.1. The molecule has 0 bridgehead atoms. The summed E-state index contributed by atoms with van der Waals surface area (Å²) in [6.07, 6.45) is 8.68. The number of benzene rings is 1. The second-order valence-corrected chi connectivity index (χ2v) is 11.5. The van der Waals surface area contributed by atoms with Gasteiger partial charge < -0.3 is 5.32 Å². The summed E-state index contributed by atoms with van der Waals surface area (Å²) >= 11 is 0. The number of anilines is 1. The lowest BCUT2D eigenvalue weighted by Gasteiger charge is -2.60. The molecule has 2 fully saturated rings. The average Bonchev–Trinajstić information content (AvgIpc) is 3.06. The van der Waals surface area contributed by atoms with Gasteiger partial charge in [-0.25, -0.2) is 0 Å². The summed E-state index contributed by atoms with van der Waals surface area (Å²) in [5.74, 6) is 1.45. The minimum atomic E-state index is -0.265. The predicted octanol–water partition coefficient (Wildman–Crippen LogP) is 6.61. The molecule has 0 heterocycles. The van der Waals surface area contributed by atoms with E-state index in [9.17, 15) is 9.59 Å². The van der Waals surface area contributed by atoms with Gasteiger partial charge in [0.25, 0.3) is 0 Å². The normalized spacial score (nSPS) is 38.5. The van der Waals surface area contributed by atoms with Gasteiger partial charge in [0.1, 0.15) is 5.78 Å². The first-order valence-corrected chi connectivity index (χ1v) is 12.4. The molecule has 5 atom stereocenters.